The minimum atomic E-state index is -0.334. The summed E-state index contributed by atoms with van der Waals surface area (Å²) in [5.41, 5.74) is 2.52. The van der Waals surface area contributed by atoms with Crippen molar-refractivity contribution in [3.8, 4) is 0 Å². The molecule has 23 heavy (non-hydrogen) atoms. The molecule has 0 aliphatic carbocycles. The number of aryl methyl sites for hydroxylation is 1. The predicted molar refractivity (Wildman–Crippen MR) is 88.8 cm³/mol. The van der Waals surface area contributed by atoms with Gasteiger partial charge in [-0.05, 0) is 30.9 Å². The molecule has 0 saturated carbocycles. The summed E-state index contributed by atoms with van der Waals surface area (Å²) in [7, 11) is 0. The van der Waals surface area contributed by atoms with Crippen molar-refractivity contribution < 1.29 is 9.59 Å². The van der Waals surface area contributed by atoms with E-state index in [4.69, 9.17) is 0 Å². The van der Waals surface area contributed by atoms with E-state index in [0.717, 1.165) is 19.4 Å². The van der Waals surface area contributed by atoms with E-state index in [0.29, 0.717) is 13.0 Å². The van der Waals surface area contributed by atoms with Crippen LogP contribution in [0.2, 0.25) is 0 Å². The van der Waals surface area contributed by atoms with Crippen LogP contribution in [0.5, 0.6) is 0 Å². The molecule has 2 aliphatic heterocycles. The number of carbonyl (C=O) groups is 2. The molecular formula is C18H25N3O2. The lowest BCUT2D eigenvalue weighted by atomic mass is 10.0. The van der Waals surface area contributed by atoms with Crippen LogP contribution in [0, 0.1) is 6.92 Å². The number of hydrogen-bond donors (Lipinski definition) is 2. The minimum absolute atomic E-state index is 0.00300. The third kappa shape index (κ3) is 3.24. The van der Waals surface area contributed by atoms with Crippen molar-refractivity contribution in [1.29, 1.82) is 0 Å². The maximum atomic E-state index is 12.5. The third-order valence-corrected chi connectivity index (χ3v) is 4.92. The molecule has 2 N–H and O–H groups in total. The molecule has 2 heterocycles. The van der Waals surface area contributed by atoms with Crippen molar-refractivity contribution in [2.75, 3.05) is 6.54 Å². The zero-order chi connectivity index (χ0) is 16.4. The van der Waals surface area contributed by atoms with E-state index >= 15 is 0 Å². The Bertz CT molecular complexity index is 602. The van der Waals surface area contributed by atoms with Crippen molar-refractivity contribution >= 4 is 11.8 Å². The van der Waals surface area contributed by atoms with Crippen LogP contribution in [0.4, 0.5) is 0 Å². The summed E-state index contributed by atoms with van der Waals surface area (Å²) < 4.78 is 0. The van der Waals surface area contributed by atoms with E-state index in [1.54, 1.807) is 4.90 Å². The van der Waals surface area contributed by atoms with Crippen molar-refractivity contribution in [2.45, 2.75) is 57.8 Å². The van der Waals surface area contributed by atoms with E-state index in [1.807, 2.05) is 19.1 Å². The first kappa shape index (κ1) is 16.0. The van der Waals surface area contributed by atoms with E-state index in [2.05, 4.69) is 29.7 Å². The van der Waals surface area contributed by atoms with Gasteiger partial charge in [-0.1, -0.05) is 37.6 Å². The van der Waals surface area contributed by atoms with Gasteiger partial charge in [0, 0.05) is 19.1 Å². The van der Waals surface area contributed by atoms with E-state index in [-0.39, 0.29) is 29.9 Å². The van der Waals surface area contributed by atoms with Gasteiger partial charge in [-0.15, -0.1) is 0 Å². The molecule has 1 aromatic carbocycles. The number of fused-ring (bicyclic) bond motifs is 1. The number of nitrogens with zero attached hydrogens (tertiary/aromatic N) is 1. The molecule has 1 aromatic rings. The van der Waals surface area contributed by atoms with Crippen LogP contribution in [-0.2, 0) is 16.1 Å². The average Bonchev–Trinajstić information content (AvgIpc) is 2.97. The Morgan fingerprint density at radius 2 is 2.09 bits per heavy atom. The van der Waals surface area contributed by atoms with Crippen molar-refractivity contribution in [3.63, 3.8) is 0 Å². The van der Waals surface area contributed by atoms with E-state index in [9.17, 15) is 9.59 Å². The van der Waals surface area contributed by atoms with E-state index in [1.165, 1.54) is 11.1 Å². The van der Waals surface area contributed by atoms with Gasteiger partial charge in [-0.25, -0.2) is 0 Å². The van der Waals surface area contributed by atoms with E-state index < -0.39 is 0 Å². The maximum absolute atomic E-state index is 12.5. The number of rotatable bonds is 5. The molecule has 2 amide bonds. The normalized spacial score (nSPS) is 27.0. The first-order chi connectivity index (χ1) is 11.1. The Hall–Kier alpha value is -1.88. The second-order valence-electron chi connectivity index (χ2n) is 6.60. The van der Waals surface area contributed by atoms with Crippen LogP contribution in [0.15, 0.2) is 24.3 Å². The van der Waals surface area contributed by atoms with Crippen LogP contribution >= 0.6 is 0 Å². The van der Waals surface area contributed by atoms with Gasteiger partial charge in [0.05, 0.1) is 0 Å². The van der Waals surface area contributed by atoms with Crippen molar-refractivity contribution in [2.24, 2.45) is 0 Å². The summed E-state index contributed by atoms with van der Waals surface area (Å²) in [5, 5.41) is 6.39. The quantitative estimate of drug-likeness (QED) is 0.862. The van der Waals surface area contributed by atoms with Gasteiger partial charge in [0.2, 0.25) is 11.8 Å². The topological polar surface area (TPSA) is 61.4 Å². The highest BCUT2D eigenvalue weighted by atomic mass is 16.2. The van der Waals surface area contributed by atoms with Gasteiger partial charge in [0.25, 0.3) is 0 Å². The molecular weight excluding hydrogens is 290 g/mol. The largest absolute Gasteiger partial charge is 0.343 e. The molecule has 0 aromatic heterocycles. The van der Waals surface area contributed by atoms with Crippen molar-refractivity contribution in [3.05, 3.63) is 35.4 Å². The number of amides is 2. The van der Waals surface area contributed by atoms with Gasteiger partial charge in [0.15, 0.2) is 0 Å². The van der Waals surface area contributed by atoms with Gasteiger partial charge in [-0.2, -0.15) is 0 Å². The molecule has 0 unspecified atom stereocenters. The van der Waals surface area contributed by atoms with Crippen LogP contribution in [0.1, 0.15) is 37.3 Å². The fourth-order valence-corrected chi connectivity index (χ4v) is 3.55. The molecule has 0 bridgehead atoms. The molecule has 124 valence electrons. The predicted octanol–water partition coefficient (Wildman–Crippen LogP) is 1.35. The fourth-order valence-electron chi connectivity index (χ4n) is 3.55. The van der Waals surface area contributed by atoms with Gasteiger partial charge in [-0.3, -0.25) is 9.59 Å². The highest BCUT2D eigenvalue weighted by molar-refractivity contribution is 5.97. The van der Waals surface area contributed by atoms with Crippen LogP contribution in [-0.4, -0.2) is 41.4 Å². The second kappa shape index (κ2) is 6.71. The second-order valence-corrected chi connectivity index (χ2v) is 6.60. The molecule has 5 heteroatoms. The summed E-state index contributed by atoms with van der Waals surface area (Å²) in [6.07, 6.45) is 2.31. The number of nitrogens with one attached hydrogen (secondary N) is 2. The van der Waals surface area contributed by atoms with Crippen LogP contribution in [0.3, 0.4) is 0 Å². The lowest BCUT2D eigenvalue weighted by molar-refractivity contribution is -0.147. The molecule has 5 nitrogen and oxygen atoms in total. The molecule has 2 fully saturated rings. The first-order valence-electron chi connectivity index (χ1n) is 8.49. The Balaban J connectivity index is 1.62. The third-order valence-electron chi connectivity index (χ3n) is 4.92. The Morgan fingerprint density at radius 1 is 1.30 bits per heavy atom. The lowest BCUT2D eigenvalue weighted by Crippen LogP contribution is -2.61. The molecule has 0 spiro atoms. The Kier molecular flexibility index (Phi) is 4.66. The zero-order valence-electron chi connectivity index (χ0n) is 13.8. The van der Waals surface area contributed by atoms with Gasteiger partial charge in [0.1, 0.15) is 12.1 Å². The number of hydrogen-bond acceptors (Lipinski definition) is 3. The number of benzene rings is 1. The highest BCUT2D eigenvalue weighted by Crippen LogP contribution is 2.24. The smallest absolute Gasteiger partial charge is 0.245 e. The monoisotopic (exact) mass is 315 g/mol. The maximum Gasteiger partial charge on any atom is 0.245 e. The molecule has 3 atom stereocenters. The molecule has 2 saturated heterocycles. The SMILES string of the molecule is CCC[C@@H]1NC(=O)[C@@H]2C[C@H](NCc3ccccc3C)CN2C1=O. The highest BCUT2D eigenvalue weighted by Gasteiger charge is 2.45. The molecule has 2 aliphatic rings. The average molecular weight is 315 g/mol. The number of piperazine rings is 1. The van der Waals surface area contributed by atoms with Gasteiger partial charge >= 0.3 is 0 Å². The minimum Gasteiger partial charge on any atom is -0.343 e. The first-order valence-corrected chi connectivity index (χ1v) is 8.49. The van der Waals surface area contributed by atoms with Gasteiger partial charge < -0.3 is 15.5 Å². The zero-order valence-corrected chi connectivity index (χ0v) is 13.8. The summed E-state index contributed by atoms with van der Waals surface area (Å²) in [4.78, 5) is 26.5. The Labute approximate surface area is 137 Å². The summed E-state index contributed by atoms with van der Waals surface area (Å²) in [6.45, 7) is 5.53. The lowest BCUT2D eigenvalue weighted by Gasteiger charge is -2.34. The van der Waals surface area contributed by atoms with Crippen molar-refractivity contribution in [1.82, 2.24) is 15.5 Å². The molecule has 0 radical (unpaired) electrons. The van der Waals surface area contributed by atoms with Crippen LogP contribution in [0.25, 0.3) is 0 Å². The summed E-state index contributed by atoms with van der Waals surface area (Å²) >= 11 is 0. The summed E-state index contributed by atoms with van der Waals surface area (Å²) in [5.74, 6) is 0.0832. The summed E-state index contributed by atoms with van der Waals surface area (Å²) in [6, 6.07) is 7.82. The number of carbonyl (C=O) groups excluding carboxylic acids is 2. The fraction of sp³-hybridized carbons (Fsp3) is 0.556. The molecule has 3 rings (SSSR count). The van der Waals surface area contributed by atoms with Crippen LogP contribution < -0.4 is 10.6 Å². The Morgan fingerprint density at radius 3 is 2.83 bits per heavy atom. The standard InChI is InChI=1S/C18H25N3O2/c1-3-6-15-18(23)21-11-14(9-16(21)17(22)20-15)19-10-13-8-5-4-7-12(13)2/h4-5,7-8,14-16,19H,3,6,9-11H2,1-2H3,(H,20,22)/t14-,15-,16-/m0/s1.